The van der Waals surface area contributed by atoms with Crippen molar-refractivity contribution in [3.63, 3.8) is 0 Å². The van der Waals surface area contributed by atoms with Crippen LogP contribution in [0.1, 0.15) is 32.6 Å². The molecule has 0 atom stereocenters. The molecular formula is C23H39N5O. The van der Waals surface area contributed by atoms with E-state index in [9.17, 15) is 0 Å². The van der Waals surface area contributed by atoms with Gasteiger partial charge in [0.1, 0.15) is 11.9 Å². The zero-order valence-corrected chi connectivity index (χ0v) is 18.4. The summed E-state index contributed by atoms with van der Waals surface area (Å²) in [5.74, 6) is 2.05. The van der Waals surface area contributed by atoms with Gasteiger partial charge in [-0.1, -0.05) is 18.2 Å². The lowest BCUT2D eigenvalue weighted by atomic mass is 10.1. The molecule has 2 saturated heterocycles. The van der Waals surface area contributed by atoms with Crippen molar-refractivity contribution in [3.05, 3.63) is 30.3 Å². The number of hydrogen-bond acceptors (Lipinski definition) is 4. The van der Waals surface area contributed by atoms with E-state index < -0.39 is 0 Å². The second-order valence-electron chi connectivity index (χ2n) is 8.20. The van der Waals surface area contributed by atoms with Crippen LogP contribution in [0, 0.1) is 0 Å². The van der Waals surface area contributed by atoms with Crippen molar-refractivity contribution in [2.24, 2.45) is 4.99 Å². The summed E-state index contributed by atoms with van der Waals surface area (Å²) in [5.41, 5.74) is 0. The van der Waals surface area contributed by atoms with Gasteiger partial charge in [-0.05, 0) is 58.6 Å². The molecule has 2 aliphatic heterocycles. The molecule has 1 N–H and O–H groups in total. The van der Waals surface area contributed by atoms with Crippen LogP contribution < -0.4 is 10.1 Å². The zero-order valence-electron chi connectivity index (χ0n) is 18.4. The third-order valence-corrected chi connectivity index (χ3v) is 5.83. The highest BCUT2D eigenvalue weighted by atomic mass is 16.5. The molecule has 0 bridgehead atoms. The molecule has 0 unspecified atom stereocenters. The SMILES string of the molecule is CCNC(=NCCCN1CCCN(C)CC1)N1CCC(Oc2ccccc2)CC1. The molecule has 2 aliphatic rings. The molecule has 6 heteroatoms. The second-order valence-corrected chi connectivity index (χ2v) is 8.20. The Morgan fingerprint density at radius 3 is 2.62 bits per heavy atom. The number of rotatable bonds is 7. The number of ether oxygens (including phenoxy) is 1. The molecule has 0 spiro atoms. The molecule has 0 aromatic heterocycles. The van der Waals surface area contributed by atoms with Crippen LogP contribution in [0.3, 0.4) is 0 Å². The minimum atomic E-state index is 0.303. The van der Waals surface area contributed by atoms with Gasteiger partial charge >= 0.3 is 0 Å². The predicted octanol–water partition coefficient (Wildman–Crippen LogP) is 2.52. The number of benzene rings is 1. The Morgan fingerprint density at radius 2 is 1.86 bits per heavy atom. The van der Waals surface area contributed by atoms with Gasteiger partial charge in [-0.15, -0.1) is 0 Å². The Morgan fingerprint density at radius 1 is 1.07 bits per heavy atom. The summed E-state index contributed by atoms with van der Waals surface area (Å²) < 4.78 is 6.13. The maximum Gasteiger partial charge on any atom is 0.193 e. The first-order valence-corrected chi connectivity index (χ1v) is 11.4. The lowest BCUT2D eigenvalue weighted by molar-refractivity contribution is 0.129. The summed E-state index contributed by atoms with van der Waals surface area (Å²) in [6.45, 7) is 11.9. The van der Waals surface area contributed by atoms with Crippen LogP contribution in [-0.4, -0.2) is 92.7 Å². The molecule has 0 radical (unpaired) electrons. The Hall–Kier alpha value is -1.79. The first kappa shape index (κ1) is 21.9. The molecule has 6 nitrogen and oxygen atoms in total. The standard InChI is InChI=1S/C23H39N5O/c1-3-24-23(25-13-7-15-27-16-8-14-26(2)19-20-27)28-17-11-22(12-18-28)29-21-9-5-4-6-10-21/h4-6,9-10,22H,3,7-8,11-20H2,1-2H3,(H,24,25). The van der Waals surface area contributed by atoms with Crippen molar-refractivity contribution in [3.8, 4) is 5.75 Å². The van der Waals surface area contributed by atoms with Crippen molar-refractivity contribution in [1.29, 1.82) is 0 Å². The average molecular weight is 402 g/mol. The van der Waals surface area contributed by atoms with Crippen LogP contribution in [0.15, 0.2) is 35.3 Å². The van der Waals surface area contributed by atoms with E-state index in [1.807, 2.05) is 30.3 Å². The molecule has 162 valence electrons. The van der Waals surface area contributed by atoms with E-state index >= 15 is 0 Å². The summed E-state index contributed by atoms with van der Waals surface area (Å²) in [6, 6.07) is 10.2. The van der Waals surface area contributed by atoms with Gasteiger partial charge in [0.2, 0.25) is 0 Å². The third-order valence-electron chi connectivity index (χ3n) is 5.83. The van der Waals surface area contributed by atoms with Crippen LogP contribution in [-0.2, 0) is 0 Å². The summed E-state index contributed by atoms with van der Waals surface area (Å²) >= 11 is 0. The van der Waals surface area contributed by atoms with Crippen molar-refractivity contribution >= 4 is 5.96 Å². The average Bonchev–Trinajstić information content (AvgIpc) is 2.96. The smallest absolute Gasteiger partial charge is 0.193 e. The molecule has 2 heterocycles. The molecule has 2 fully saturated rings. The lowest BCUT2D eigenvalue weighted by Gasteiger charge is -2.34. The highest BCUT2D eigenvalue weighted by Gasteiger charge is 2.22. The maximum absolute atomic E-state index is 6.13. The summed E-state index contributed by atoms with van der Waals surface area (Å²) in [6.07, 6.45) is 4.80. The number of piperidine rings is 1. The number of para-hydroxylation sites is 1. The largest absolute Gasteiger partial charge is 0.490 e. The van der Waals surface area contributed by atoms with E-state index in [-0.39, 0.29) is 0 Å². The fourth-order valence-corrected chi connectivity index (χ4v) is 4.11. The molecule has 1 aromatic carbocycles. The number of aliphatic imine (C=N–C) groups is 1. The Kier molecular flexibility index (Phi) is 9.09. The van der Waals surface area contributed by atoms with Gasteiger partial charge in [-0.2, -0.15) is 0 Å². The van der Waals surface area contributed by atoms with Crippen LogP contribution in [0.2, 0.25) is 0 Å². The van der Waals surface area contributed by atoms with Gasteiger partial charge in [-0.3, -0.25) is 4.99 Å². The van der Waals surface area contributed by atoms with Gasteiger partial charge in [-0.25, -0.2) is 0 Å². The lowest BCUT2D eigenvalue weighted by Crippen LogP contribution is -2.47. The fraction of sp³-hybridized carbons (Fsp3) is 0.696. The summed E-state index contributed by atoms with van der Waals surface area (Å²) in [5, 5.41) is 3.49. The van der Waals surface area contributed by atoms with Gasteiger partial charge in [0.25, 0.3) is 0 Å². The number of nitrogens with one attached hydrogen (secondary N) is 1. The van der Waals surface area contributed by atoms with Crippen molar-refractivity contribution < 1.29 is 4.74 Å². The van der Waals surface area contributed by atoms with Gasteiger partial charge in [0.05, 0.1) is 0 Å². The summed E-state index contributed by atoms with van der Waals surface area (Å²) in [7, 11) is 2.23. The fourth-order valence-electron chi connectivity index (χ4n) is 4.11. The second kappa shape index (κ2) is 12.0. The quantitative estimate of drug-likeness (QED) is 0.432. The number of likely N-dealkylation sites (tertiary alicyclic amines) is 1. The molecule has 1 aromatic rings. The molecular weight excluding hydrogens is 362 g/mol. The van der Waals surface area contributed by atoms with Crippen LogP contribution >= 0.6 is 0 Å². The molecule has 0 amide bonds. The number of nitrogens with zero attached hydrogens (tertiary/aromatic N) is 4. The predicted molar refractivity (Wildman–Crippen MR) is 121 cm³/mol. The van der Waals surface area contributed by atoms with E-state index in [1.165, 1.54) is 32.6 Å². The topological polar surface area (TPSA) is 43.3 Å². The Labute approximate surface area is 176 Å². The van der Waals surface area contributed by atoms with Crippen LogP contribution in [0.4, 0.5) is 0 Å². The monoisotopic (exact) mass is 401 g/mol. The van der Waals surface area contributed by atoms with E-state index in [2.05, 4.69) is 34.0 Å². The number of hydrogen-bond donors (Lipinski definition) is 1. The first-order valence-electron chi connectivity index (χ1n) is 11.4. The Bertz CT molecular complexity index is 601. The van der Waals surface area contributed by atoms with Gasteiger partial charge in [0.15, 0.2) is 5.96 Å². The molecule has 0 aliphatic carbocycles. The Balaban J connectivity index is 1.41. The molecule has 29 heavy (non-hydrogen) atoms. The number of likely N-dealkylation sites (N-methyl/N-ethyl adjacent to an activating group) is 1. The van der Waals surface area contributed by atoms with Crippen molar-refractivity contribution in [2.75, 3.05) is 66.0 Å². The zero-order chi connectivity index (χ0) is 20.3. The van der Waals surface area contributed by atoms with E-state index in [1.54, 1.807) is 0 Å². The van der Waals surface area contributed by atoms with Crippen molar-refractivity contribution in [1.82, 2.24) is 20.0 Å². The highest BCUT2D eigenvalue weighted by Crippen LogP contribution is 2.18. The van der Waals surface area contributed by atoms with Gasteiger partial charge in [0, 0.05) is 52.1 Å². The summed E-state index contributed by atoms with van der Waals surface area (Å²) in [4.78, 5) is 12.4. The molecule has 0 saturated carbocycles. The minimum Gasteiger partial charge on any atom is -0.490 e. The van der Waals surface area contributed by atoms with Crippen LogP contribution in [0.5, 0.6) is 5.75 Å². The molecule has 3 rings (SSSR count). The van der Waals surface area contributed by atoms with E-state index in [0.29, 0.717) is 6.10 Å². The van der Waals surface area contributed by atoms with Crippen molar-refractivity contribution in [2.45, 2.75) is 38.7 Å². The first-order chi connectivity index (χ1) is 14.2. The van der Waals surface area contributed by atoms with E-state index in [0.717, 1.165) is 63.7 Å². The normalized spacial score (nSPS) is 20.5. The van der Waals surface area contributed by atoms with E-state index in [4.69, 9.17) is 9.73 Å². The van der Waals surface area contributed by atoms with Crippen LogP contribution in [0.25, 0.3) is 0 Å². The number of guanidine groups is 1. The highest BCUT2D eigenvalue weighted by molar-refractivity contribution is 5.80. The van der Waals surface area contributed by atoms with Gasteiger partial charge < -0.3 is 24.8 Å². The third kappa shape index (κ3) is 7.52. The maximum atomic E-state index is 6.13. The minimum absolute atomic E-state index is 0.303.